The van der Waals surface area contributed by atoms with Gasteiger partial charge in [0.05, 0.1) is 19.3 Å². The molecular weight excluding hydrogens is 302 g/mol. The van der Waals surface area contributed by atoms with Crippen LogP contribution in [0.15, 0.2) is 6.20 Å². The lowest BCUT2D eigenvalue weighted by Gasteiger charge is -2.38. The van der Waals surface area contributed by atoms with Gasteiger partial charge < -0.3 is 14.7 Å². The fourth-order valence-corrected chi connectivity index (χ4v) is 2.04. The summed E-state index contributed by atoms with van der Waals surface area (Å²) in [4.78, 5) is 24.5. The summed E-state index contributed by atoms with van der Waals surface area (Å²) in [6, 6.07) is 0.148. The molecule has 0 radical (unpaired) electrons. The SMILES string of the molecule is COc1nc(Cl)nc(N2CC(n3cc(C(=O)O)nn3)C2)n1. The fraction of sp³-hybridized carbons (Fsp3) is 0.400. The molecule has 0 unspecified atom stereocenters. The van der Waals surface area contributed by atoms with E-state index in [1.54, 1.807) is 0 Å². The van der Waals surface area contributed by atoms with E-state index in [2.05, 4.69) is 25.3 Å². The number of ether oxygens (including phenoxy) is 1. The number of carboxylic acids is 1. The second-order valence-electron chi connectivity index (χ2n) is 4.34. The molecule has 10 nitrogen and oxygen atoms in total. The number of nitrogens with zero attached hydrogens (tertiary/aromatic N) is 7. The summed E-state index contributed by atoms with van der Waals surface area (Å²) in [5.41, 5.74) is -0.0849. The molecule has 21 heavy (non-hydrogen) atoms. The Bertz CT molecular complexity index is 685. The Balaban J connectivity index is 1.70. The summed E-state index contributed by atoms with van der Waals surface area (Å²) in [7, 11) is 1.44. The van der Waals surface area contributed by atoms with Crippen LogP contribution in [0, 0.1) is 0 Å². The number of hydrogen-bond acceptors (Lipinski definition) is 8. The average molecular weight is 312 g/mol. The topological polar surface area (TPSA) is 119 Å². The first kappa shape index (κ1) is 13.5. The Morgan fingerprint density at radius 1 is 1.43 bits per heavy atom. The Kier molecular flexibility index (Phi) is 3.29. The van der Waals surface area contributed by atoms with Crippen molar-refractivity contribution in [2.45, 2.75) is 6.04 Å². The normalized spacial score (nSPS) is 14.9. The number of anilines is 1. The summed E-state index contributed by atoms with van der Waals surface area (Å²) in [5.74, 6) is -0.701. The van der Waals surface area contributed by atoms with Gasteiger partial charge in [-0.15, -0.1) is 5.10 Å². The van der Waals surface area contributed by atoms with Crippen molar-refractivity contribution in [3.05, 3.63) is 17.2 Å². The minimum atomic E-state index is -1.11. The van der Waals surface area contributed by atoms with E-state index in [4.69, 9.17) is 21.4 Å². The fourth-order valence-electron chi connectivity index (χ4n) is 1.89. The molecule has 1 N–H and O–H groups in total. The molecule has 0 bridgehead atoms. The highest BCUT2D eigenvalue weighted by Gasteiger charge is 2.32. The molecule has 3 rings (SSSR count). The first-order chi connectivity index (χ1) is 10.1. The first-order valence-electron chi connectivity index (χ1n) is 5.92. The van der Waals surface area contributed by atoms with Gasteiger partial charge in [0.2, 0.25) is 11.2 Å². The van der Waals surface area contributed by atoms with E-state index in [-0.39, 0.29) is 23.0 Å². The Labute approximate surface area is 123 Å². The van der Waals surface area contributed by atoms with Crippen LogP contribution >= 0.6 is 11.6 Å². The van der Waals surface area contributed by atoms with Crippen LogP contribution in [0.25, 0.3) is 0 Å². The zero-order chi connectivity index (χ0) is 15.0. The first-order valence-corrected chi connectivity index (χ1v) is 6.30. The van der Waals surface area contributed by atoms with Gasteiger partial charge in [-0.25, -0.2) is 9.48 Å². The second kappa shape index (κ2) is 5.13. The van der Waals surface area contributed by atoms with Crippen molar-refractivity contribution in [1.29, 1.82) is 0 Å². The predicted molar refractivity (Wildman–Crippen MR) is 69.6 cm³/mol. The van der Waals surface area contributed by atoms with Gasteiger partial charge in [-0.05, 0) is 11.6 Å². The van der Waals surface area contributed by atoms with Gasteiger partial charge in [-0.3, -0.25) is 0 Å². The maximum atomic E-state index is 10.8. The smallest absolute Gasteiger partial charge is 0.358 e. The molecular formula is C10H10ClN7O3. The highest BCUT2D eigenvalue weighted by molar-refractivity contribution is 6.28. The van der Waals surface area contributed by atoms with Crippen LogP contribution in [0.2, 0.25) is 5.28 Å². The van der Waals surface area contributed by atoms with E-state index >= 15 is 0 Å². The van der Waals surface area contributed by atoms with E-state index in [0.717, 1.165) is 0 Å². The Morgan fingerprint density at radius 3 is 2.81 bits per heavy atom. The molecule has 0 saturated carbocycles. The zero-order valence-corrected chi connectivity index (χ0v) is 11.6. The van der Waals surface area contributed by atoms with Crippen LogP contribution < -0.4 is 9.64 Å². The van der Waals surface area contributed by atoms with Crippen molar-refractivity contribution in [1.82, 2.24) is 29.9 Å². The molecule has 0 spiro atoms. The molecule has 3 heterocycles. The largest absolute Gasteiger partial charge is 0.476 e. The van der Waals surface area contributed by atoms with Gasteiger partial charge in [0.15, 0.2) is 5.69 Å². The molecule has 0 aromatic carbocycles. The van der Waals surface area contributed by atoms with Gasteiger partial charge in [-0.2, -0.15) is 15.0 Å². The number of carbonyl (C=O) groups is 1. The summed E-state index contributed by atoms with van der Waals surface area (Å²) >= 11 is 5.78. The third kappa shape index (κ3) is 2.57. The summed E-state index contributed by atoms with van der Waals surface area (Å²) in [5, 5.41) is 16.2. The molecule has 11 heteroatoms. The van der Waals surface area contributed by atoms with Crippen molar-refractivity contribution in [3.8, 4) is 6.01 Å². The predicted octanol–water partition coefficient (Wildman–Crippen LogP) is -0.115. The van der Waals surface area contributed by atoms with E-state index in [1.807, 2.05) is 4.90 Å². The number of halogens is 1. The molecule has 2 aromatic rings. The average Bonchev–Trinajstić information content (AvgIpc) is 2.86. The lowest BCUT2D eigenvalue weighted by Crippen LogP contribution is -2.48. The van der Waals surface area contributed by atoms with E-state index < -0.39 is 5.97 Å². The number of aromatic nitrogens is 6. The highest BCUT2D eigenvalue weighted by Crippen LogP contribution is 2.26. The molecule has 0 atom stereocenters. The molecule has 1 saturated heterocycles. The van der Waals surface area contributed by atoms with E-state index in [1.165, 1.54) is 18.0 Å². The van der Waals surface area contributed by atoms with Crippen LogP contribution in [0.4, 0.5) is 5.95 Å². The number of aromatic carboxylic acids is 1. The third-order valence-corrected chi connectivity index (χ3v) is 3.18. The number of rotatable bonds is 4. The monoisotopic (exact) mass is 311 g/mol. The quantitative estimate of drug-likeness (QED) is 0.824. The molecule has 0 aliphatic carbocycles. The van der Waals surface area contributed by atoms with Gasteiger partial charge in [0, 0.05) is 13.1 Å². The number of carboxylic acid groups (broad SMARTS) is 1. The lowest BCUT2D eigenvalue weighted by molar-refractivity contribution is 0.0690. The van der Waals surface area contributed by atoms with E-state index in [0.29, 0.717) is 19.0 Å². The van der Waals surface area contributed by atoms with Crippen molar-refractivity contribution in [2.75, 3.05) is 25.1 Å². The van der Waals surface area contributed by atoms with Crippen molar-refractivity contribution in [2.24, 2.45) is 0 Å². The number of hydrogen-bond donors (Lipinski definition) is 1. The summed E-state index contributed by atoms with van der Waals surface area (Å²) in [6.07, 6.45) is 1.39. The zero-order valence-electron chi connectivity index (χ0n) is 10.8. The standard InChI is InChI=1S/C10H10ClN7O3/c1-21-10-13-8(11)12-9(14-10)17-2-5(3-17)18-4-6(7(19)20)15-16-18/h4-5H,2-3H2,1H3,(H,19,20). The Morgan fingerprint density at radius 2 is 2.19 bits per heavy atom. The van der Waals surface area contributed by atoms with Gasteiger partial charge in [-0.1, -0.05) is 5.21 Å². The minimum Gasteiger partial charge on any atom is -0.476 e. The molecule has 1 aliphatic rings. The highest BCUT2D eigenvalue weighted by atomic mass is 35.5. The molecule has 0 amide bonds. The van der Waals surface area contributed by atoms with Crippen LogP contribution in [-0.2, 0) is 0 Å². The second-order valence-corrected chi connectivity index (χ2v) is 4.68. The maximum absolute atomic E-state index is 10.8. The van der Waals surface area contributed by atoms with Crippen molar-refractivity contribution in [3.63, 3.8) is 0 Å². The van der Waals surface area contributed by atoms with Crippen LogP contribution in [0.5, 0.6) is 6.01 Å². The lowest BCUT2D eigenvalue weighted by atomic mass is 10.1. The van der Waals surface area contributed by atoms with Crippen molar-refractivity contribution < 1.29 is 14.6 Å². The van der Waals surface area contributed by atoms with Crippen LogP contribution in [-0.4, -0.2) is 61.2 Å². The maximum Gasteiger partial charge on any atom is 0.358 e. The third-order valence-electron chi connectivity index (χ3n) is 3.01. The van der Waals surface area contributed by atoms with Crippen molar-refractivity contribution >= 4 is 23.5 Å². The van der Waals surface area contributed by atoms with Gasteiger partial charge in [0.1, 0.15) is 0 Å². The molecule has 1 fully saturated rings. The molecule has 110 valence electrons. The van der Waals surface area contributed by atoms with Crippen LogP contribution in [0.1, 0.15) is 16.5 Å². The summed E-state index contributed by atoms with van der Waals surface area (Å²) in [6.45, 7) is 1.12. The summed E-state index contributed by atoms with van der Waals surface area (Å²) < 4.78 is 6.44. The molecule has 1 aliphatic heterocycles. The van der Waals surface area contributed by atoms with Gasteiger partial charge >= 0.3 is 12.0 Å². The molecule has 2 aromatic heterocycles. The van der Waals surface area contributed by atoms with E-state index in [9.17, 15) is 4.79 Å². The van der Waals surface area contributed by atoms with Crippen LogP contribution in [0.3, 0.4) is 0 Å². The number of methoxy groups -OCH3 is 1. The van der Waals surface area contributed by atoms with Gasteiger partial charge in [0.25, 0.3) is 0 Å². The minimum absolute atomic E-state index is 0.00661. The Hall–Kier alpha value is -2.49.